The van der Waals surface area contributed by atoms with Gasteiger partial charge in [0.15, 0.2) is 0 Å². The number of aryl methyl sites for hydroxylation is 2. The van der Waals surface area contributed by atoms with Gasteiger partial charge in [0.05, 0.1) is 11.2 Å². The summed E-state index contributed by atoms with van der Waals surface area (Å²) < 4.78 is 6.15. The molecule has 0 radical (unpaired) electrons. The Morgan fingerprint density at radius 2 is 1.89 bits per heavy atom. The SMILES string of the molecule is Cc1ccc(C(N)C2CC(C)(C)OC2(C)C)c(C)n1. The molecular formula is C16H26N2O. The van der Waals surface area contributed by atoms with Crippen LogP contribution in [-0.4, -0.2) is 16.2 Å². The smallest absolute Gasteiger partial charge is 0.0680 e. The lowest BCUT2D eigenvalue weighted by atomic mass is 9.79. The van der Waals surface area contributed by atoms with Gasteiger partial charge in [0.1, 0.15) is 0 Å². The summed E-state index contributed by atoms with van der Waals surface area (Å²) in [6.45, 7) is 12.6. The topological polar surface area (TPSA) is 48.1 Å². The average Bonchev–Trinajstić information content (AvgIpc) is 2.45. The Kier molecular flexibility index (Phi) is 3.48. The summed E-state index contributed by atoms with van der Waals surface area (Å²) in [5, 5.41) is 0. The van der Waals surface area contributed by atoms with Crippen LogP contribution in [0.5, 0.6) is 0 Å². The number of ether oxygens (including phenoxy) is 1. The lowest BCUT2D eigenvalue weighted by molar-refractivity contribution is -0.0767. The first-order valence-electron chi connectivity index (χ1n) is 7.02. The van der Waals surface area contributed by atoms with Crippen LogP contribution in [0.15, 0.2) is 12.1 Å². The summed E-state index contributed by atoms with van der Waals surface area (Å²) in [4.78, 5) is 4.53. The first-order valence-corrected chi connectivity index (χ1v) is 7.02. The minimum Gasteiger partial charge on any atom is -0.369 e. The number of hydrogen-bond donors (Lipinski definition) is 1. The van der Waals surface area contributed by atoms with Crippen LogP contribution in [-0.2, 0) is 4.74 Å². The summed E-state index contributed by atoms with van der Waals surface area (Å²) in [6, 6.07) is 4.13. The maximum atomic E-state index is 6.53. The Bertz CT molecular complexity index is 480. The van der Waals surface area contributed by atoms with Crippen LogP contribution in [0.4, 0.5) is 0 Å². The van der Waals surface area contributed by atoms with E-state index in [0.29, 0.717) is 5.92 Å². The Labute approximate surface area is 116 Å². The first kappa shape index (κ1) is 14.5. The van der Waals surface area contributed by atoms with Gasteiger partial charge in [-0.3, -0.25) is 4.98 Å². The molecule has 2 heterocycles. The summed E-state index contributed by atoms with van der Waals surface area (Å²) >= 11 is 0. The minimum absolute atomic E-state index is 0.0233. The zero-order chi connectivity index (χ0) is 14.4. The van der Waals surface area contributed by atoms with Gasteiger partial charge < -0.3 is 10.5 Å². The number of pyridine rings is 1. The van der Waals surface area contributed by atoms with Gasteiger partial charge in [-0.2, -0.15) is 0 Å². The highest BCUT2D eigenvalue weighted by Crippen LogP contribution is 2.47. The highest BCUT2D eigenvalue weighted by atomic mass is 16.5. The van der Waals surface area contributed by atoms with Crippen molar-refractivity contribution < 1.29 is 4.74 Å². The van der Waals surface area contributed by atoms with Gasteiger partial charge in [0, 0.05) is 23.3 Å². The number of aromatic nitrogens is 1. The summed E-state index contributed by atoms with van der Waals surface area (Å²) in [7, 11) is 0. The summed E-state index contributed by atoms with van der Waals surface area (Å²) in [6.07, 6.45) is 0.981. The molecule has 1 aromatic rings. The molecule has 2 atom stereocenters. The molecule has 0 amide bonds. The van der Waals surface area contributed by atoms with Gasteiger partial charge in [-0.15, -0.1) is 0 Å². The molecule has 2 N–H and O–H groups in total. The zero-order valence-corrected chi connectivity index (χ0v) is 12.9. The van der Waals surface area contributed by atoms with Gasteiger partial charge in [-0.1, -0.05) is 6.07 Å². The van der Waals surface area contributed by atoms with Crippen LogP contribution in [0.1, 0.15) is 57.1 Å². The van der Waals surface area contributed by atoms with E-state index in [4.69, 9.17) is 10.5 Å². The standard InChI is InChI=1S/C16H26N2O/c1-10-7-8-12(11(2)18-10)14(17)13-9-15(3,4)19-16(13,5)6/h7-8,13-14H,9,17H2,1-6H3. The van der Waals surface area contributed by atoms with E-state index >= 15 is 0 Å². The third kappa shape index (κ3) is 2.82. The van der Waals surface area contributed by atoms with Crippen LogP contribution in [0, 0.1) is 19.8 Å². The fourth-order valence-corrected chi connectivity index (χ4v) is 3.43. The maximum Gasteiger partial charge on any atom is 0.0680 e. The second-order valence-electron chi connectivity index (χ2n) is 6.93. The molecule has 1 fully saturated rings. The average molecular weight is 262 g/mol. The zero-order valence-electron chi connectivity index (χ0n) is 12.9. The van der Waals surface area contributed by atoms with E-state index in [0.717, 1.165) is 23.4 Å². The molecule has 1 saturated heterocycles. The Hall–Kier alpha value is -0.930. The van der Waals surface area contributed by atoms with E-state index in [1.807, 2.05) is 19.9 Å². The normalized spacial score (nSPS) is 26.4. The van der Waals surface area contributed by atoms with Crippen molar-refractivity contribution in [2.75, 3.05) is 0 Å². The fourth-order valence-electron chi connectivity index (χ4n) is 3.43. The van der Waals surface area contributed by atoms with E-state index in [9.17, 15) is 0 Å². The molecule has 0 spiro atoms. The Balaban J connectivity index is 2.31. The largest absolute Gasteiger partial charge is 0.369 e. The van der Waals surface area contributed by atoms with E-state index in [-0.39, 0.29) is 17.2 Å². The van der Waals surface area contributed by atoms with Crippen molar-refractivity contribution in [1.29, 1.82) is 0 Å². The summed E-state index contributed by atoms with van der Waals surface area (Å²) in [5.41, 5.74) is 9.45. The number of rotatable bonds is 2. The molecule has 0 bridgehead atoms. The highest BCUT2D eigenvalue weighted by Gasteiger charge is 2.48. The van der Waals surface area contributed by atoms with Gasteiger partial charge in [-0.25, -0.2) is 0 Å². The predicted octanol–water partition coefficient (Wildman–Crippen LogP) is 3.29. The van der Waals surface area contributed by atoms with E-state index in [1.165, 1.54) is 0 Å². The second kappa shape index (κ2) is 4.57. The molecule has 2 unspecified atom stereocenters. The third-order valence-corrected chi connectivity index (χ3v) is 4.20. The molecule has 0 saturated carbocycles. The Morgan fingerprint density at radius 1 is 1.26 bits per heavy atom. The van der Waals surface area contributed by atoms with Gasteiger partial charge in [-0.05, 0) is 59.6 Å². The van der Waals surface area contributed by atoms with Crippen molar-refractivity contribution in [2.24, 2.45) is 11.7 Å². The van der Waals surface area contributed by atoms with Crippen LogP contribution in [0.25, 0.3) is 0 Å². The second-order valence-corrected chi connectivity index (χ2v) is 6.93. The molecule has 3 nitrogen and oxygen atoms in total. The maximum absolute atomic E-state index is 6.53. The summed E-state index contributed by atoms with van der Waals surface area (Å²) in [5.74, 6) is 0.311. The molecule has 3 heteroatoms. The minimum atomic E-state index is -0.194. The first-order chi connectivity index (χ1) is 8.62. The number of nitrogens with zero attached hydrogens (tertiary/aromatic N) is 1. The van der Waals surface area contributed by atoms with Crippen molar-refractivity contribution in [3.8, 4) is 0 Å². The van der Waals surface area contributed by atoms with E-state index in [1.54, 1.807) is 0 Å². The lowest BCUT2D eigenvalue weighted by Crippen LogP contribution is -2.36. The van der Waals surface area contributed by atoms with Gasteiger partial charge in [0.2, 0.25) is 0 Å². The van der Waals surface area contributed by atoms with Crippen LogP contribution < -0.4 is 5.73 Å². The molecule has 1 aromatic heterocycles. The number of nitrogens with two attached hydrogens (primary N) is 1. The fraction of sp³-hybridized carbons (Fsp3) is 0.688. The predicted molar refractivity (Wildman–Crippen MR) is 78.0 cm³/mol. The quantitative estimate of drug-likeness (QED) is 0.889. The monoisotopic (exact) mass is 262 g/mol. The van der Waals surface area contributed by atoms with Crippen molar-refractivity contribution in [2.45, 2.75) is 65.2 Å². The molecule has 19 heavy (non-hydrogen) atoms. The molecule has 1 aliphatic heterocycles. The van der Waals surface area contributed by atoms with Crippen molar-refractivity contribution in [3.05, 3.63) is 29.1 Å². The lowest BCUT2D eigenvalue weighted by Gasteiger charge is -2.31. The Morgan fingerprint density at radius 3 is 2.37 bits per heavy atom. The molecule has 0 aromatic carbocycles. The molecule has 0 aliphatic carbocycles. The van der Waals surface area contributed by atoms with Crippen molar-refractivity contribution in [3.63, 3.8) is 0 Å². The molecular weight excluding hydrogens is 236 g/mol. The van der Waals surface area contributed by atoms with Gasteiger partial charge in [0.25, 0.3) is 0 Å². The van der Waals surface area contributed by atoms with Crippen LogP contribution >= 0.6 is 0 Å². The van der Waals surface area contributed by atoms with Crippen molar-refractivity contribution >= 4 is 0 Å². The van der Waals surface area contributed by atoms with E-state index in [2.05, 4.69) is 38.7 Å². The van der Waals surface area contributed by atoms with E-state index < -0.39 is 0 Å². The van der Waals surface area contributed by atoms with Crippen LogP contribution in [0.2, 0.25) is 0 Å². The highest BCUT2D eigenvalue weighted by molar-refractivity contribution is 5.26. The van der Waals surface area contributed by atoms with Gasteiger partial charge >= 0.3 is 0 Å². The molecule has 106 valence electrons. The third-order valence-electron chi connectivity index (χ3n) is 4.20. The molecule has 2 rings (SSSR count). The number of hydrogen-bond acceptors (Lipinski definition) is 3. The molecule has 1 aliphatic rings. The van der Waals surface area contributed by atoms with Crippen molar-refractivity contribution in [1.82, 2.24) is 4.98 Å². The van der Waals surface area contributed by atoms with Crippen LogP contribution in [0.3, 0.4) is 0 Å².